The first-order valence-electron chi connectivity index (χ1n) is 7.23. The molecule has 0 radical (unpaired) electrons. The maximum Gasteiger partial charge on any atom is 0.243 e. The molecule has 1 aromatic rings. The molecule has 1 aliphatic heterocycles. The Morgan fingerprint density at radius 1 is 1.38 bits per heavy atom. The van der Waals surface area contributed by atoms with Gasteiger partial charge in [-0.1, -0.05) is 12.6 Å². The standard InChI is InChI=1S/C16H17F2N3O3/c1-3-13(22)19-8-14(23)20-12-7-15(24)21(2)16(12)9-4-5-10(17)11(18)6-9/h3-6,12,16H,1,7-8H2,2H3,(H,19,22)(H,20,23)/t12-,16+/m0/s1. The third-order valence-electron chi connectivity index (χ3n) is 3.83. The molecule has 2 atom stereocenters. The van der Waals surface area contributed by atoms with Crippen molar-refractivity contribution >= 4 is 17.7 Å². The van der Waals surface area contributed by atoms with Crippen molar-refractivity contribution in [2.75, 3.05) is 13.6 Å². The van der Waals surface area contributed by atoms with E-state index in [9.17, 15) is 23.2 Å². The Morgan fingerprint density at radius 3 is 2.71 bits per heavy atom. The number of hydrogen-bond donors (Lipinski definition) is 2. The highest BCUT2D eigenvalue weighted by Crippen LogP contribution is 2.32. The molecule has 3 amide bonds. The van der Waals surface area contributed by atoms with Gasteiger partial charge in [0, 0.05) is 13.5 Å². The third kappa shape index (κ3) is 3.76. The molecule has 0 unspecified atom stereocenters. The van der Waals surface area contributed by atoms with Crippen LogP contribution >= 0.6 is 0 Å². The Balaban J connectivity index is 2.13. The van der Waals surface area contributed by atoms with Crippen molar-refractivity contribution < 1.29 is 23.2 Å². The predicted octanol–water partition coefficient (Wildman–Crippen LogP) is 0.655. The van der Waals surface area contributed by atoms with Crippen molar-refractivity contribution in [2.24, 2.45) is 0 Å². The van der Waals surface area contributed by atoms with Crippen LogP contribution in [0.3, 0.4) is 0 Å². The average molecular weight is 337 g/mol. The van der Waals surface area contributed by atoms with Crippen LogP contribution in [0.5, 0.6) is 0 Å². The van der Waals surface area contributed by atoms with E-state index in [0.717, 1.165) is 18.2 Å². The van der Waals surface area contributed by atoms with Gasteiger partial charge in [-0.15, -0.1) is 0 Å². The fraction of sp³-hybridized carbons (Fsp3) is 0.312. The highest BCUT2D eigenvalue weighted by Gasteiger charge is 2.39. The number of amides is 3. The Labute approximate surface area is 137 Å². The van der Waals surface area contributed by atoms with E-state index in [-0.39, 0.29) is 18.9 Å². The molecule has 1 heterocycles. The van der Waals surface area contributed by atoms with Crippen LogP contribution in [0.1, 0.15) is 18.0 Å². The second-order valence-corrected chi connectivity index (χ2v) is 5.42. The minimum atomic E-state index is -1.02. The molecule has 1 saturated heterocycles. The fourth-order valence-corrected chi connectivity index (χ4v) is 2.65. The molecule has 1 aromatic carbocycles. The number of halogens is 2. The van der Waals surface area contributed by atoms with Gasteiger partial charge in [-0.3, -0.25) is 14.4 Å². The molecule has 1 aliphatic rings. The summed E-state index contributed by atoms with van der Waals surface area (Å²) in [5.74, 6) is -3.24. The van der Waals surface area contributed by atoms with Crippen LogP contribution in [0.4, 0.5) is 8.78 Å². The Morgan fingerprint density at radius 2 is 2.08 bits per heavy atom. The van der Waals surface area contributed by atoms with Crippen LogP contribution < -0.4 is 10.6 Å². The SMILES string of the molecule is C=CC(=O)NCC(=O)N[C@H]1CC(=O)N(C)[C@@H]1c1ccc(F)c(F)c1. The number of rotatable bonds is 5. The molecule has 2 rings (SSSR count). The van der Waals surface area contributed by atoms with E-state index < -0.39 is 35.5 Å². The summed E-state index contributed by atoms with van der Waals surface area (Å²) >= 11 is 0. The van der Waals surface area contributed by atoms with Gasteiger partial charge >= 0.3 is 0 Å². The molecule has 8 heteroatoms. The molecule has 2 N–H and O–H groups in total. The first-order valence-corrected chi connectivity index (χ1v) is 7.23. The Bertz CT molecular complexity index is 693. The van der Waals surface area contributed by atoms with Gasteiger partial charge < -0.3 is 15.5 Å². The van der Waals surface area contributed by atoms with Crippen LogP contribution in [-0.4, -0.2) is 42.3 Å². The number of hydrogen-bond acceptors (Lipinski definition) is 3. The van der Waals surface area contributed by atoms with E-state index in [4.69, 9.17) is 0 Å². The van der Waals surface area contributed by atoms with Crippen molar-refractivity contribution in [2.45, 2.75) is 18.5 Å². The van der Waals surface area contributed by atoms with Crippen LogP contribution in [0.25, 0.3) is 0 Å². The van der Waals surface area contributed by atoms with Crippen LogP contribution in [-0.2, 0) is 14.4 Å². The summed E-state index contributed by atoms with van der Waals surface area (Å²) in [6.07, 6.45) is 1.06. The Hall–Kier alpha value is -2.77. The molecular weight excluding hydrogens is 320 g/mol. The summed E-state index contributed by atoms with van der Waals surface area (Å²) < 4.78 is 26.6. The van der Waals surface area contributed by atoms with Crippen molar-refractivity contribution in [1.82, 2.24) is 15.5 Å². The Kier molecular flexibility index (Phi) is 5.28. The van der Waals surface area contributed by atoms with Gasteiger partial charge in [-0.25, -0.2) is 8.78 Å². The highest BCUT2D eigenvalue weighted by atomic mass is 19.2. The lowest BCUT2D eigenvalue weighted by Gasteiger charge is -2.26. The molecule has 24 heavy (non-hydrogen) atoms. The molecule has 128 valence electrons. The van der Waals surface area contributed by atoms with Crippen molar-refractivity contribution in [3.63, 3.8) is 0 Å². The number of carbonyl (C=O) groups excluding carboxylic acids is 3. The van der Waals surface area contributed by atoms with Gasteiger partial charge in [0.1, 0.15) is 0 Å². The topological polar surface area (TPSA) is 78.5 Å². The minimum Gasteiger partial charge on any atom is -0.349 e. The van der Waals surface area contributed by atoms with Gasteiger partial charge in [-0.05, 0) is 23.8 Å². The van der Waals surface area contributed by atoms with Gasteiger partial charge in [0.25, 0.3) is 0 Å². The van der Waals surface area contributed by atoms with E-state index in [0.29, 0.717) is 5.56 Å². The van der Waals surface area contributed by atoms with E-state index in [1.54, 1.807) is 0 Å². The molecule has 0 aliphatic carbocycles. The second kappa shape index (κ2) is 7.20. The van der Waals surface area contributed by atoms with E-state index in [1.807, 2.05) is 0 Å². The first kappa shape index (κ1) is 17.6. The number of likely N-dealkylation sites (tertiary alicyclic amines) is 1. The summed E-state index contributed by atoms with van der Waals surface area (Å²) in [5, 5.41) is 4.96. The highest BCUT2D eigenvalue weighted by molar-refractivity contribution is 5.91. The normalized spacial score (nSPS) is 20.0. The van der Waals surface area contributed by atoms with Gasteiger partial charge in [0.15, 0.2) is 11.6 Å². The van der Waals surface area contributed by atoms with Gasteiger partial charge in [0.2, 0.25) is 17.7 Å². The zero-order valence-electron chi connectivity index (χ0n) is 13.0. The largest absolute Gasteiger partial charge is 0.349 e. The number of likely N-dealkylation sites (N-methyl/N-ethyl adjacent to an activating group) is 1. The summed E-state index contributed by atoms with van der Waals surface area (Å²) in [5.41, 5.74) is 0.377. The van der Waals surface area contributed by atoms with E-state index in [1.165, 1.54) is 18.0 Å². The lowest BCUT2D eigenvalue weighted by molar-refractivity contribution is -0.127. The van der Waals surface area contributed by atoms with Gasteiger partial charge in [-0.2, -0.15) is 0 Å². The van der Waals surface area contributed by atoms with Crippen LogP contribution in [0.15, 0.2) is 30.9 Å². The molecule has 0 bridgehead atoms. The lowest BCUT2D eigenvalue weighted by Crippen LogP contribution is -2.43. The van der Waals surface area contributed by atoms with Crippen LogP contribution in [0.2, 0.25) is 0 Å². The van der Waals surface area contributed by atoms with Gasteiger partial charge in [0.05, 0.1) is 18.6 Å². The number of benzene rings is 1. The fourth-order valence-electron chi connectivity index (χ4n) is 2.65. The van der Waals surface area contributed by atoms with E-state index in [2.05, 4.69) is 17.2 Å². The summed E-state index contributed by atoms with van der Waals surface area (Å²) in [6, 6.07) is 2.13. The predicted molar refractivity (Wildman–Crippen MR) is 81.6 cm³/mol. The number of nitrogens with zero attached hydrogens (tertiary/aromatic N) is 1. The second-order valence-electron chi connectivity index (χ2n) is 5.42. The zero-order valence-corrected chi connectivity index (χ0v) is 13.0. The molecular formula is C16H17F2N3O3. The quantitative estimate of drug-likeness (QED) is 0.775. The summed E-state index contributed by atoms with van der Waals surface area (Å²) in [7, 11) is 1.53. The first-order chi connectivity index (χ1) is 11.3. The van der Waals surface area contributed by atoms with Crippen molar-refractivity contribution in [3.05, 3.63) is 48.1 Å². The molecule has 0 saturated carbocycles. The summed E-state index contributed by atoms with van der Waals surface area (Å²) in [6.45, 7) is 2.99. The molecule has 0 aromatic heterocycles. The maximum absolute atomic E-state index is 13.5. The minimum absolute atomic E-state index is 0.0291. The van der Waals surface area contributed by atoms with E-state index >= 15 is 0 Å². The monoisotopic (exact) mass is 337 g/mol. The molecule has 6 nitrogen and oxygen atoms in total. The smallest absolute Gasteiger partial charge is 0.243 e. The van der Waals surface area contributed by atoms with Crippen molar-refractivity contribution in [3.8, 4) is 0 Å². The van der Waals surface area contributed by atoms with Crippen LogP contribution in [0, 0.1) is 11.6 Å². The zero-order chi connectivity index (χ0) is 17.9. The van der Waals surface area contributed by atoms with Crippen molar-refractivity contribution in [1.29, 1.82) is 0 Å². The lowest BCUT2D eigenvalue weighted by atomic mass is 10.00. The average Bonchev–Trinajstić information content (AvgIpc) is 2.82. The maximum atomic E-state index is 13.5. The number of nitrogens with one attached hydrogen (secondary N) is 2. The summed E-state index contributed by atoms with van der Waals surface area (Å²) in [4.78, 5) is 36.3. The molecule has 0 spiro atoms. The third-order valence-corrected chi connectivity index (χ3v) is 3.83. The number of carbonyl (C=O) groups is 3. The molecule has 1 fully saturated rings.